The zero-order valence-electron chi connectivity index (χ0n) is 12.5. The number of likely N-dealkylation sites (tertiary alicyclic amines) is 1. The Labute approximate surface area is 126 Å². The second-order valence-electron chi connectivity index (χ2n) is 5.70. The number of pyridine rings is 1. The molecule has 1 aromatic carbocycles. The average Bonchev–Trinajstić information content (AvgIpc) is 2.52. The standard InChI is InChI=1S/C18H22N2O/c1-15-6-5-11-19-18(15)21-17-9-12-20(13-10-17)14-16-7-3-2-4-8-16/h2-8,11,17H,9-10,12-14H2,1H3. The van der Waals surface area contributed by atoms with Crippen molar-refractivity contribution in [1.29, 1.82) is 0 Å². The van der Waals surface area contributed by atoms with Crippen LogP contribution in [0, 0.1) is 6.92 Å². The normalized spacial score (nSPS) is 16.8. The van der Waals surface area contributed by atoms with E-state index in [0.717, 1.165) is 43.9 Å². The van der Waals surface area contributed by atoms with Crippen LogP contribution in [-0.4, -0.2) is 29.1 Å². The van der Waals surface area contributed by atoms with Gasteiger partial charge in [0.05, 0.1) is 0 Å². The molecule has 1 fully saturated rings. The molecule has 3 nitrogen and oxygen atoms in total. The number of ether oxygens (including phenoxy) is 1. The maximum absolute atomic E-state index is 6.05. The summed E-state index contributed by atoms with van der Waals surface area (Å²) in [5.74, 6) is 0.791. The maximum atomic E-state index is 6.05. The minimum absolute atomic E-state index is 0.297. The Morgan fingerprint density at radius 2 is 1.86 bits per heavy atom. The van der Waals surface area contributed by atoms with E-state index in [0.29, 0.717) is 6.10 Å². The van der Waals surface area contributed by atoms with Gasteiger partial charge in [0.25, 0.3) is 0 Å². The predicted molar refractivity (Wildman–Crippen MR) is 84.3 cm³/mol. The summed E-state index contributed by atoms with van der Waals surface area (Å²) in [6.07, 6.45) is 4.24. The number of rotatable bonds is 4. The molecule has 0 spiro atoms. The molecule has 3 heteroatoms. The van der Waals surface area contributed by atoms with Crippen LogP contribution in [0.3, 0.4) is 0 Å². The Hall–Kier alpha value is -1.87. The third-order valence-electron chi connectivity index (χ3n) is 4.02. The van der Waals surface area contributed by atoms with Gasteiger partial charge in [-0.15, -0.1) is 0 Å². The Bertz CT molecular complexity index is 562. The highest BCUT2D eigenvalue weighted by Gasteiger charge is 2.21. The van der Waals surface area contributed by atoms with E-state index in [1.54, 1.807) is 6.20 Å². The van der Waals surface area contributed by atoms with Crippen molar-refractivity contribution in [3.63, 3.8) is 0 Å². The van der Waals surface area contributed by atoms with Gasteiger partial charge in [-0.3, -0.25) is 4.90 Å². The summed E-state index contributed by atoms with van der Waals surface area (Å²) in [5.41, 5.74) is 2.50. The van der Waals surface area contributed by atoms with Crippen LogP contribution < -0.4 is 4.74 Å². The van der Waals surface area contributed by atoms with Gasteiger partial charge in [-0.2, -0.15) is 0 Å². The summed E-state index contributed by atoms with van der Waals surface area (Å²) < 4.78 is 6.05. The molecule has 0 amide bonds. The lowest BCUT2D eigenvalue weighted by Gasteiger charge is -2.32. The zero-order valence-corrected chi connectivity index (χ0v) is 12.5. The fourth-order valence-electron chi connectivity index (χ4n) is 2.78. The number of hydrogen-bond donors (Lipinski definition) is 0. The molecule has 3 rings (SSSR count). The number of aromatic nitrogens is 1. The van der Waals surface area contributed by atoms with Crippen molar-refractivity contribution in [2.45, 2.75) is 32.4 Å². The van der Waals surface area contributed by atoms with Crippen molar-refractivity contribution in [3.8, 4) is 5.88 Å². The molecule has 0 atom stereocenters. The molecule has 2 heterocycles. The van der Waals surface area contributed by atoms with Crippen LogP contribution in [0.4, 0.5) is 0 Å². The van der Waals surface area contributed by atoms with Crippen molar-refractivity contribution in [3.05, 3.63) is 59.8 Å². The van der Waals surface area contributed by atoms with Gasteiger partial charge in [-0.1, -0.05) is 36.4 Å². The third kappa shape index (κ3) is 3.82. The van der Waals surface area contributed by atoms with Gasteiger partial charge >= 0.3 is 0 Å². The molecule has 21 heavy (non-hydrogen) atoms. The lowest BCUT2D eigenvalue weighted by Crippen LogP contribution is -2.38. The summed E-state index contributed by atoms with van der Waals surface area (Å²) in [4.78, 5) is 6.82. The third-order valence-corrected chi connectivity index (χ3v) is 4.02. The Kier molecular flexibility index (Phi) is 4.51. The highest BCUT2D eigenvalue weighted by atomic mass is 16.5. The van der Waals surface area contributed by atoms with Crippen LogP contribution in [0.5, 0.6) is 5.88 Å². The van der Waals surface area contributed by atoms with Gasteiger partial charge in [0.15, 0.2) is 0 Å². The van der Waals surface area contributed by atoms with Gasteiger partial charge in [0.2, 0.25) is 5.88 Å². The van der Waals surface area contributed by atoms with E-state index >= 15 is 0 Å². The SMILES string of the molecule is Cc1cccnc1OC1CCN(Cc2ccccc2)CC1. The molecule has 0 N–H and O–H groups in total. The van der Waals surface area contributed by atoms with Gasteiger partial charge in [0.1, 0.15) is 6.10 Å². The van der Waals surface area contributed by atoms with Crippen LogP contribution in [0.15, 0.2) is 48.7 Å². The topological polar surface area (TPSA) is 25.4 Å². The smallest absolute Gasteiger partial charge is 0.216 e. The monoisotopic (exact) mass is 282 g/mol. The molecule has 0 radical (unpaired) electrons. The van der Waals surface area contributed by atoms with Crippen molar-refractivity contribution in [2.24, 2.45) is 0 Å². The first-order chi connectivity index (χ1) is 10.3. The van der Waals surface area contributed by atoms with Crippen molar-refractivity contribution >= 4 is 0 Å². The molecule has 1 aliphatic heterocycles. The van der Waals surface area contributed by atoms with E-state index in [-0.39, 0.29) is 0 Å². The molecule has 1 aliphatic rings. The number of hydrogen-bond acceptors (Lipinski definition) is 3. The fraction of sp³-hybridized carbons (Fsp3) is 0.389. The van der Waals surface area contributed by atoms with Crippen LogP contribution in [0.25, 0.3) is 0 Å². The van der Waals surface area contributed by atoms with Crippen LogP contribution in [-0.2, 0) is 6.54 Å². The van der Waals surface area contributed by atoms with Gasteiger partial charge in [-0.05, 0) is 31.4 Å². The lowest BCUT2D eigenvalue weighted by molar-refractivity contribution is 0.0926. The zero-order chi connectivity index (χ0) is 14.5. The summed E-state index contributed by atoms with van der Waals surface area (Å²) in [6.45, 7) is 5.26. The number of benzene rings is 1. The first-order valence-electron chi connectivity index (χ1n) is 7.66. The highest BCUT2D eigenvalue weighted by Crippen LogP contribution is 2.20. The van der Waals surface area contributed by atoms with E-state index in [1.165, 1.54) is 5.56 Å². The van der Waals surface area contributed by atoms with Crippen molar-refractivity contribution < 1.29 is 4.74 Å². The van der Waals surface area contributed by atoms with Gasteiger partial charge in [-0.25, -0.2) is 4.98 Å². The second kappa shape index (κ2) is 6.72. The minimum Gasteiger partial charge on any atom is -0.474 e. The van der Waals surface area contributed by atoms with Crippen LogP contribution in [0.1, 0.15) is 24.0 Å². The largest absolute Gasteiger partial charge is 0.474 e. The summed E-state index contributed by atoms with van der Waals surface area (Å²) in [7, 11) is 0. The van der Waals surface area contributed by atoms with Crippen molar-refractivity contribution in [1.82, 2.24) is 9.88 Å². The molecule has 0 aliphatic carbocycles. The Morgan fingerprint density at radius 3 is 2.57 bits per heavy atom. The number of aryl methyl sites for hydroxylation is 1. The lowest BCUT2D eigenvalue weighted by atomic mass is 10.1. The first-order valence-corrected chi connectivity index (χ1v) is 7.66. The second-order valence-corrected chi connectivity index (χ2v) is 5.70. The van der Waals surface area contributed by atoms with E-state index < -0.39 is 0 Å². The van der Waals surface area contributed by atoms with E-state index in [4.69, 9.17) is 4.74 Å². The van der Waals surface area contributed by atoms with Crippen LogP contribution >= 0.6 is 0 Å². The van der Waals surface area contributed by atoms with E-state index in [2.05, 4.69) is 40.2 Å². The first kappa shape index (κ1) is 14.1. The summed E-state index contributed by atoms with van der Waals surface area (Å²) >= 11 is 0. The minimum atomic E-state index is 0.297. The highest BCUT2D eigenvalue weighted by molar-refractivity contribution is 5.23. The molecule has 1 saturated heterocycles. The molecular weight excluding hydrogens is 260 g/mol. The molecule has 2 aromatic rings. The predicted octanol–water partition coefficient (Wildman–Crippen LogP) is 3.43. The summed E-state index contributed by atoms with van der Waals surface area (Å²) in [6, 6.07) is 14.7. The van der Waals surface area contributed by atoms with Gasteiger partial charge in [0, 0.05) is 31.4 Å². The molecule has 0 unspecified atom stereocenters. The number of nitrogens with zero attached hydrogens (tertiary/aromatic N) is 2. The molecule has 1 aromatic heterocycles. The van der Waals surface area contributed by atoms with E-state index in [1.807, 2.05) is 19.1 Å². The Balaban J connectivity index is 1.50. The van der Waals surface area contributed by atoms with E-state index in [9.17, 15) is 0 Å². The number of piperidine rings is 1. The van der Waals surface area contributed by atoms with Gasteiger partial charge < -0.3 is 4.74 Å². The summed E-state index contributed by atoms with van der Waals surface area (Å²) in [5, 5.41) is 0. The molecule has 0 saturated carbocycles. The molecule has 110 valence electrons. The molecule has 0 bridgehead atoms. The maximum Gasteiger partial charge on any atom is 0.216 e. The Morgan fingerprint density at radius 1 is 1.10 bits per heavy atom. The quantitative estimate of drug-likeness (QED) is 0.859. The fourth-order valence-corrected chi connectivity index (χ4v) is 2.78. The van der Waals surface area contributed by atoms with Crippen molar-refractivity contribution in [2.75, 3.05) is 13.1 Å². The average molecular weight is 282 g/mol. The molecular formula is C18H22N2O. The van der Waals surface area contributed by atoms with Crippen LogP contribution in [0.2, 0.25) is 0 Å².